The zero-order valence-corrected chi connectivity index (χ0v) is 19.8. The van der Waals surface area contributed by atoms with Gasteiger partial charge in [0.15, 0.2) is 0 Å². The molecule has 168 valence electrons. The van der Waals surface area contributed by atoms with E-state index in [2.05, 4.69) is 10.2 Å². The van der Waals surface area contributed by atoms with Crippen LogP contribution < -0.4 is 9.62 Å². The molecule has 1 aliphatic heterocycles. The summed E-state index contributed by atoms with van der Waals surface area (Å²) in [5.74, 6) is -0.300. The standard InChI is InChI=1S/C23H31N3O3S2/c1-19-6-8-20(9-7-19)26(31(28,29)22-12-10-21(30-2)11-13-22)18-23(27)24-14-5-17-25-15-3-4-16-25/h6-13H,3-5,14-18H2,1-2H3,(H,24,27). The summed E-state index contributed by atoms with van der Waals surface area (Å²) in [7, 11) is -3.88. The largest absolute Gasteiger partial charge is 0.354 e. The molecule has 1 fully saturated rings. The van der Waals surface area contributed by atoms with Gasteiger partial charge in [0, 0.05) is 11.4 Å². The second-order valence-electron chi connectivity index (χ2n) is 7.78. The van der Waals surface area contributed by atoms with E-state index >= 15 is 0 Å². The van der Waals surface area contributed by atoms with Gasteiger partial charge in [-0.15, -0.1) is 11.8 Å². The van der Waals surface area contributed by atoms with Gasteiger partial charge in [0.05, 0.1) is 10.6 Å². The number of carbonyl (C=O) groups is 1. The van der Waals surface area contributed by atoms with Crippen molar-refractivity contribution < 1.29 is 13.2 Å². The number of hydrogen-bond donors (Lipinski definition) is 1. The molecule has 2 aromatic carbocycles. The summed E-state index contributed by atoms with van der Waals surface area (Å²) in [5.41, 5.74) is 1.50. The van der Waals surface area contributed by atoms with Crippen molar-refractivity contribution in [3.63, 3.8) is 0 Å². The number of aryl methyl sites for hydroxylation is 1. The van der Waals surface area contributed by atoms with E-state index in [-0.39, 0.29) is 17.3 Å². The number of benzene rings is 2. The number of thioether (sulfide) groups is 1. The Balaban J connectivity index is 1.71. The molecule has 2 aromatic rings. The topological polar surface area (TPSA) is 69.7 Å². The molecule has 0 bridgehead atoms. The van der Waals surface area contributed by atoms with E-state index in [1.165, 1.54) is 17.1 Å². The molecule has 1 heterocycles. The summed E-state index contributed by atoms with van der Waals surface area (Å²) < 4.78 is 28.0. The maximum atomic E-state index is 13.4. The summed E-state index contributed by atoms with van der Waals surface area (Å²) in [5, 5.41) is 2.88. The van der Waals surface area contributed by atoms with E-state index in [0.29, 0.717) is 12.2 Å². The van der Waals surface area contributed by atoms with E-state index in [1.54, 1.807) is 48.2 Å². The number of sulfonamides is 1. The number of likely N-dealkylation sites (tertiary alicyclic amines) is 1. The van der Waals surface area contributed by atoms with Crippen LogP contribution in [0.25, 0.3) is 0 Å². The molecule has 1 amide bonds. The Morgan fingerprint density at radius 2 is 1.71 bits per heavy atom. The van der Waals surface area contributed by atoms with Crippen LogP contribution in [0.15, 0.2) is 58.3 Å². The monoisotopic (exact) mass is 461 g/mol. The minimum Gasteiger partial charge on any atom is -0.354 e. The zero-order chi connectivity index (χ0) is 22.3. The van der Waals surface area contributed by atoms with Crippen molar-refractivity contribution in [3.05, 3.63) is 54.1 Å². The fourth-order valence-corrected chi connectivity index (χ4v) is 5.45. The Bertz CT molecular complexity index is 955. The van der Waals surface area contributed by atoms with Crippen molar-refractivity contribution in [2.45, 2.75) is 36.0 Å². The van der Waals surface area contributed by atoms with Crippen molar-refractivity contribution in [2.24, 2.45) is 0 Å². The molecule has 8 heteroatoms. The van der Waals surface area contributed by atoms with Crippen LogP contribution in [0.3, 0.4) is 0 Å². The lowest BCUT2D eigenvalue weighted by Gasteiger charge is -2.24. The summed E-state index contributed by atoms with van der Waals surface area (Å²) in [6, 6.07) is 13.9. The summed E-state index contributed by atoms with van der Waals surface area (Å²) in [6.45, 7) is 5.45. The summed E-state index contributed by atoms with van der Waals surface area (Å²) in [6.07, 6.45) is 5.29. The highest BCUT2D eigenvalue weighted by atomic mass is 32.2. The highest BCUT2D eigenvalue weighted by molar-refractivity contribution is 7.98. The van der Waals surface area contributed by atoms with Crippen LogP contribution in [0.5, 0.6) is 0 Å². The quantitative estimate of drug-likeness (QED) is 0.433. The first kappa shape index (κ1) is 23.6. The van der Waals surface area contributed by atoms with Gasteiger partial charge < -0.3 is 10.2 Å². The van der Waals surface area contributed by atoms with Gasteiger partial charge in [0.1, 0.15) is 6.54 Å². The molecule has 0 aliphatic carbocycles. The van der Waals surface area contributed by atoms with Crippen LogP contribution in [0.4, 0.5) is 5.69 Å². The second-order valence-corrected chi connectivity index (χ2v) is 10.5. The smallest absolute Gasteiger partial charge is 0.264 e. The molecule has 6 nitrogen and oxygen atoms in total. The fraction of sp³-hybridized carbons (Fsp3) is 0.435. The SMILES string of the molecule is CSc1ccc(S(=O)(=O)N(CC(=O)NCCCN2CCCC2)c2ccc(C)cc2)cc1. The van der Waals surface area contributed by atoms with E-state index < -0.39 is 10.0 Å². The lowest BCUT2D eigenvalue weighted by Crippen LogP contribution is -2.41. The average Bonchev–Trinajstić information content (AvgIpc) is 3.29. The molecular formula is C23H31N3O3S2. The van der Waals surface area contributed by atoms with Crippen LogP contribution in [0.1, 0.15) is 24.8 Å². The van der Waals surface area contributed by atoms with Crippen LogP contribution in [-0.4, -0.2) is 58.2 Å². The minimum absolute atomic E-state index is 0.174. The lowest BCUT2D eigenvalue weighted by atomic mass is 10.2. The van der Waals surface area contributed by atoms with E-state index in [4.69, 9.17) is 0 Å². The van der Waals surface area contributed by atoms with Gasteiger partial charge in [-0.05, 0) is 88.5 Å². The van der Waals surface area contributed by atoms with Gasteiger partial charge in [-0.2, -0.15) is 0 Å². The number of hydrogen-bond acceptors (Lipinski definition) is 5. The van der Waals surface area contributed by atoms with E-state index in [1.807, 2.05) is 25.3 Å². The van der Waals surface area contributed by atoms with Gasteiger partial charge in [-0.25, -0.2) is 8.42 Å². The third-order valence-corrected chi connectivity index (χ3v) is 7.96. The average molecular weight is 462 g/mol. The van der Waals surface area contributed by atoms with Crippen molar-refractivity contribution in [1.82, 2.24) is 10.2 Å². The normalized spacial score (nSPS) is 14.5. The van der Waals surface area contributed by atoms with Gasteiger partial charge in [0.25, 0.3) is 10.0 Å². The zero-order valence-electron chi connectivity index (χ0n) is 18.2. The Morgan fingerprint density at radius 3 is 2.32 bits per heavy atom. The predicted octanol–water partition coefficient (Wildman–Crippen LogP) is 3.51. The fourth-order valence-electron chi connectivity index (χ4n) is 3.62. The Labute approximate surface area is 190 Å². The number of nitrogens with one attached hydrogen (secondary N) is 1. The Kier molecular flexibility index (Phi) is 8.40. The molecule has 0 atom stereocenters. The number of anilines is 1. The van der Waals surface area contributed by atoms with Gasteiger partial charge in [0.2, 0.25) is 5.91 Å². The number of rotatable bonds is 10. The molecular weight excluding hydrogens is 430 g/mol. The first-order valence-corrected chi connectivity index (χ1v) is 13.3. The van der Waals surface area contributed by atoms with Crippen molar-refractivity contribution >= 4 is 33.4 Å². The van der Waals surface area contributed by atoms with Gasteiger partial charge in [-0.3, -0.25) is 9.10 Å². The van der Waals surface area contributed by atoms with Crippen molar-refractivity contribution in [2.75, 3.05) is 43.3 Å². The molecule has 3 rings (SSSR count). The third-order valence-electron chi connectivity index (χ3n) is 5.43. The van der Waals surface area contributed by atoms with Crippen molar-refractivity contribution in [1.29, 1.82) is 0 Å². The maximum Gasteiger partial charge on any atom is 0.264 e. The molecule has 1 saturated heterocycles. The van der Waals surface area contributed by atoms with Crippen molar-refractivity contribution in [3.8, 4) is 0 Å². The third kappa shape index (κ3) is 6.48. The molecule has 0 spiro atoms. The first-order valence-electron chi connectivity index (χ1n) is 10.6. The minimum atomic E-state index is -3.88. The number of amides is 1. The van der Waals surface area contributed by atoms with Crippen LogP contribution in [0.2, 0.25) is 0 Å². The maximum absolute atomic E-state index is 13.4. The Morgan fingerprint density at radius 1 is 1.06 bits per heavy atom. The predicted molar refractivity (Wildman–Crippen MR) is 127 cm³/mol. The summed E-state index contributed by atoms with van der Waals surface area (Å²) in [4.78, 5) is 16.2. The molecule has 0 radical (unpaired) electrons. The van der Waals surface area contributed by atoms with Gasteiger partial charge in [-0.1, -0.05) is 17.7 Å². The molecule has 1 N–H and O–H groups in total. The second kappa shape index (κ2) is 11.0. The number of carbonyl (C=O) groups excluding carboxylic acids is 1. The lowest BCUT2D eigenvalue weighted by molar-refractivity contribution is -0.119. The van der Waals surface area contributed by atoms with Gasteiger partial charge >= 0.3 is 0 Å². The molecule has 0 aromatic heterocycles. The molecule has 31 heavy (non-hydrogen) atoms. The molecule has 1 aliphatic rings. The first-order chi connectivity index (χ1) is 14.9. The Hall–Kier alpha value is -2.03. The highest BCUT2D eigenvalue weighted by Crippen LogP contribution is 2.25. The van der Waals surface area contributed by atoms with E-state index in [9.17, 15) is 13.2 Å². The van der Waals surface area contributed by atoms with Crippen LogP contribution >= 0.6 is 11.8 Å². The number of nitrogens with zero attached hydrogens (tertiary/aromatic N) is 2. The van der Waals surface area contributed by atoms with E-state index in [0.717, 1.165) is 36.5 Å². The summed E-state index contributed by atoms with van der Waals surface area (Å²) >= 11 is 1.55. The van der Waals surface area contributed by atoms with Crippen LogP contribution in [-0.2, 0) is 14.8 Å². The highest BCUT2D eigenvalue weighted by Gasteiger charge is 2.27. The molecule has 0 unspecified atom stereocenters. The molecule has 0 saturated carbocycles. The van der Waals surface area contributed by atoms with Crippen LogP contribution in [0, 0.1) is 6.92 Å².